The van der Waals surface area contributed by atoms with E-state index in [1.54, 1.807) is 6.07 Å². The second-order valence-electron chi connectivity index (χ2n) is 5.65. The van der Waals surface area contributed by atoms with Gasteiger partial charge in [0.1, 0.15) is 0 Å². The molecule has 23 heavy (non-hydrogen) atoms. The van der Waals surface area contributed by atoms with Gasteiger partial charge in [0.05, 0.1) is 17.4 Å². The van der Waals surface area contributed by atoms with E-state index in [-0.39, 0.29) is 5.91 Å². The number of carbonyl (C=O) groups excluding carboxylic acids is 1. The van der Waals surface area contributed by atoms with E-state index in [0.717, 1.165) is 24.1 Å². The number of anilines is 1. The molecule has 0 saturated carbocycles. The molecule has 0 atom stereocenters. The third-order valence-corrected chi connectivity index (χ3v) is 4.99. The van der Waals surface area contributed by atoms with Gasteiger partial charge in [-0.25, -0.2) is 0 Å². The molecule has 0 spiro atoms. The van der Waals surface area contributed by atoms with Crippen molar-refractivity contribution in [2.75, 3.05) is 11.1 Å². The van der Waals surface area contributed by atoms with Crippen LogP contribution in [0.4, 0.5) is 5.69 Å². The Bertz CT molecular complexity index is 764. The van der Waals surface area contributed by atoms with Crippen molar-refractivity contribution in [3.05, 3.63) is 64.7 Å². The van der Waals surface area contributed by atoms with E-state index >= 15 is 0 Å². The molecule has 1 N–H and O–H groups in total. The molecule has 3 rings (SSSR count). The molecule has 1 aliphatic carbocycles. The first-order valence-corrected chi connectivity index (χ1v) is 8.89. The maximum absolute atomic E-state index is 12.1. The zero-order valence-electron chi connectivity index (χ0n) is 12.8. The summed E-state index contributed by atoms with van der Waals surface area (Å²) in [6.45, 7) is 0. The topological polar surface area (TPSA) is 52.9 Å². The fraction of sp³-hybridized carbons (Fsp3) is 0.263. The fourth-order valence-corrected chi connectivity index (χ4v) is 3.69. The molecule has 0 heterocycles. The van der Waals surface area contributed by atoms with Gasteiger partial charge in [-0.1, -0.05) is 24.3 Å². The predicted octanol–water partition coefficient (Wildman–Crippen LogP) is 3.92. The van der Waals surface area contributed by atoms with Crippen molar-refractivity contribution in [2.45, 2.75) is 25.0 Å². The van der Waals surface area contributed by atoms with Crippen LogP contribution < -0.4 is 5.32 Å². The molecule has 0 aromatic heterocycles. The summed E-state index contributed by atoms with van der Waals surface area (Å²) in [5.41, 5.74) is 5.31. The van der Waals surface area contributed by atoms with Crippen LogP contribution in [0.3, 0.4) is 0 Å². The number of carbonyl (C=O) groups is 1. The van der Waals surface area contributed by atoms with E-state index in [1.807, 2.05) is 24.3 Å². The van der Waals surface area contributed by atoms with Crippen molar-refractivity contribution >= 4 is 23.4 Å². The molecule has 2 aromatic carbocycles. The molecule has 2 aromatic rings. The standard InChI is InChI=1S/C19H18N2OS/c20-11-16-4-1-2-5-17(16)12-23-13-19(22)21-18-9-8-14-6-3-7-15(14)10-18/h1-2,4-5,8-10H,3,6-7,12-13H2,(H,21,22). The van der Waals surface area contributed by atoms with Crippen LogP contribution in [-0.2, 0) is 23.4 Å². The van der Waals surface area contributed by atoms with Crippen LogP contribution in [0.15, 0.2) is 42.5 Å². The van der Waals surface area contributed by atoms with Crippen LogP contribution >= 0.6 is 11.8 Å². The Labute approximate surface area is 140 Å². The molecule has 0 fully saturated rings. The quantitative estimate of drug-likeness (QED) is 0.908. The van der Waals surface area contributed by atoms with E-state index in [4.69, 9.17) is 5.26 Å². The number of nitriles is 1. The van der Waals surface area contributed by atoms with Crippen LogP contribution in [0.1, 0.15) is 28.7 Å². The van der Waals surface area contributed by atoms with Gasteiger partial charge in [-0.15, -0.1) is 11.8 Å². The lowest BCUT2D eigenvalue weighted by atomic mass is 10.1. The highest BCUT2D eigenvalue weighted by Crippen LogP contribution is 2.25. The first-order chi connectivity index (χ1) is 11.3. The highest BCUT2D eigenvalue weighted by Gasteiger charge is 2.12. The van der Waals surface area contributed by atoms with Gasteiger partial charge < -0.3 is 5.32 Å². The van der Waals surface area contributed by atoms with Gasteiger partial charge in [0, 0.05) is 11.4 Å². The van der Waals surface area contributed by atoms with Gasteiger partial charge in [0.15, 0.2) is 0 Å². The van der Waals surface area contributed by atoms with Crippen LogP contribution in [0.25, 0.3) is 0 Å². The maximum atomic E-state index is 12.1. The van der Waals surface area contributed by atoms with E-state index in [1.165, 1.54) is 29.3 Å². The van der Waals surface area contributed by atoms with E-state index in [0.29, 0.717) is 17.1 Å². The van der Waals surface area contributed by atoms with Crippen LogP contribution in [-0.4, -0.2) is 11.7 Å². The predicted molar refractivity (Wildman–Crippen MR) is 94.4 cm³/mol. The molecule has 116 valence electrons. The fourth-order valence-electron chi connectivity index (χ4n) is 2.86. The van der Waals surface area contributed by atoms with Gasteiger partial charge in [-0.05, 0) is 54.2 Å². The summed E-state index contributed by atoms with van der Waals surface area (Å²) in [7, 11) is 0. The SMILES string of the molecule is N#Cc1ccccc1CSCC(=O)Nc1ccc2c(c1)CCC2. The average Bonchev–Trinajstić information content (AvgIpc) is 3.03. The molecule has 0 saturated heterocycles. The Kier molecular flexibility index (Phi) is 4.99. The summed E-state index contributed by atoms with van der Waals surface area (Å²) in [6.07, 6.45) is 3.47. The zero-order valence-corrected chi connectivity index (χ0v) is 13.7. The van der Waals surface area contributed by atoms with Crippen molar-refractivity contribution in [2.24, 2.45) is 0 Å². The Morgan fingerprint density at radius 1 is 1.17 bits per heavy atom. The molecule has 0 radical (unpaired) electrons. The average molecular weight is 322 g/mol. The monoisotopic (exact) mass is 322 g/mol. The third-order valence-electron chi connectivity index (χ3n) is 4.01. The van der Waals surface area contributed by atoms with Gasteiger partial charge in [-0.3, -0.25) is 4.79 Å². The minimum atomic E-state index is 0.00221. The number of rotatable bonds is 5. The summed E-state index contributed by atoms with van der Waals surface area (Å²) in [6, 6.07) is 15.9. The molecule has 1 aliphatic rings. The lowest BCUT2D eigenvalue weighted by Gasteiger charge is -2.08. The Balaban J connectivity index is 1.51. The first kappa shape index (κ1) is 15.6. The number of amides is 1. The Hall–Kier alpha value is -2.25. The first-order valence-electron chi connectivity index (χ1n) is 7.73. The molecule has 3 nitrogen and oxygen atoms in total. The normalized spacial score (nSPS) is 12.5. The number of hydrogen-bond acceptors (Lipinski definition) is 3. The third kappa shape index (κ3) is 3.94. The summed E-state index contributed by atoms with van der Waals surface area (Å²) in [4.78, 5) is 12.1. The van der Waals surface area contributed by atoms with Crippen molar-refractivity contribution in [1.29, 1.82) is 5.26 Å². The molecular weight excluding hydrogens is 304 g/mol. The smallest absolute Gasteiger partial charge is 0.234 e. The summed E-state index contributed by atoms with van der Waals surface area (Å²) >= 11 is 1.53. The van der Waals surface area contributed by atoms with Gasteiger partial charge in [-0.2, -0.15) is 5.26 Å². The van der Waals surface area contributed by atoms with Crippen molar-refractivity contribution < 1.29 is 4.79 Å². The lowest BCUT2D eigenvalue weighted by Crippen LogP contribution is -2.14. The molecular formula is C19H18N2OS. The van der Waals surface area contributed by atoms with E-state index in [2.05, 4.69) is 23.5 Å². The van der Waals surface area contributed by atoms with Crippen molar-refractivity contribution in [3.8, 4) is 6.07 Å². The number of fused-ring (bicyclic) bond motifs is 1. The van der Waals surface area contributed by atoms with Crippen molar-refractivity contribution in [3.63, 3.8) is 0 Å². The number of nitrogens with one attached hydrogen (secondary N) is 1. The van der Waals surface area contributed by atoms with Gasteiger partial charge in [0.2, 0.25) is 5.91 Å². The van der Waals surface area contributed by atoms with Gasteiger partial charge in [0.25, 0.3) is 0 Å². The highest BCUT2D eigenvalue weighted by atomic mass is 32.2. The Morgan fingerprint density at radius 3 is 2.87 bits per heavy atom. The Morgan fingerprint density at radius 2 is 2.00 bits per heavy atom. The maximum Gasteiger partial charge on any atom is 0.234 e. The van der Waals surface area contributed by atoms with E-state index < -0.39 is 0 Å². The van der Waals surface area contributed by atoms with E-state index in [9.17, 15) is 4.79 Å². The number of hydrogen-bond donors (Lipinski definition) is 1. The number of thioether (sulfide) groups is 1. The molecule has 0 aliphatic heterocycles. The molecule has 0 bridgehead atoms. The number of aryl methyl sites for hydroxylation is 2. The summed E-state index contributed by atoms with van der Waals surface area (Å²) in [5.74, 6) is 1.06. The summed E-state index contributed by atoms with van der Waals surface area (Å²) < 4.78 is 0. The number of nitrogens with zero attached hydrogens (tertiary/aromatic N) is 1. The second-order valence-corrected chi connectivity index (χ2v) is 6.63. The molecule has 4 heteroatoms. The minimum Gasteiger partial charge on any atom is -0.325 e. The zero-order chi connectivity index (χ0) is 16.1. The number of benzene rings is 2. The second kappa shape index (κ2) is 7.34. The van der Waals surface area contributed by atoms with Crippen LogP contribution in [0.2, 0.25) is 0 Å². The largest absolute Gasteiger partial charge is 0.325 e. The highest BCUT2D eigenvalue weighted by molar-refractivity contribution is 7.99. The van der Waals surface area contributed by atoms with Crippen molar-refractivity contribution in [1.82, 2.24) is 0 Å². The minimum absolute atomic E-state index is 0.00221. The van der Waals surface area contributed by atoms with Gasteiger partial charge >= 0.3 is 0 Å². The van der Waals surface area contributed by atoms with Crippen LogP contribution in [0.5, 0.6) is 0 Å². The summed E-state index contributed by atoms with van der Waals surface area (Å²) in [5, 5.41) is 12.0. The molecule has 1 amide bonds. The van der Waals surface area contributed by atoms with Crippen LogP contribution in [0, 0.1) is 11.3 Å². The molecule has 0 unspecified atom stereocenters. The lowest BCUT2D eigenvalue weighted by molar-refractivity contribution is -0.113.